The average molecular weight is 529 g/mol. The monoisotopic (exact) mass is 528 g/mol. The number of para-hydroxylation sites is 1. The summed E-state index contributed by atoms with van der Waals surface area (Å²) < 4.78 is 0. The number of hydrogen-bond acceptors (Lipinski definition) is 10. The maximum Gasteiger partial charge on any atom is 0.267 e. The quantitative estimate of drug-likeness (QED) is 0.342. The van der Waals surface area contributed by atoms with E-state index in [1.807, 2.05) is 25.1 Å². The van der Waals surface area contributed by atoms with Crippen molar-refractivity contribution in [2.24, 2.45) is 4.99 Å². The number of β-amino-alcohol motifs (C(OH)–C–C–N with tert-alkyl or cyclic N) is 1. The standard InChI is InChI=1S/C24H29ClN8O2S/c1-3-19-28-20(13-21(29-19)33-9-7-32(8-10-33)11-12-34)30-24-27-15-18(36-24)23(35)31-22-16(14-26-2)5-4-6-17(22)25/h4-6,13,15,34H,2-3,7-12,14H2,1H3,(H,31,35)(H,27,28,29,30). The number of aliphatic hydroxyl groups is 1. The normalized spacial score (nSPS) is 14.0. The molecule has 2 aromatic heterocycles. The van der Waals surface area contributed by atoms with Gasteiger partial charge in [-0.05, 0) is 18.3 Å². The minimum atomic E-state index is -0.308. The highest BCUT2D eigenvalue weighted by Crippen LogP contribution is 2.29. The zero-order chi connectivity index (χ0) is 25.5. The summed E-state index contributed by atoms with van der Waals surface area (Å²) in [6.07, 6.45) is 2.21. The number of hydrogen-bond donors (Lipinski definition) is 3. The van der Waals surface area contributed by atoms with E-state index in [-0.39, 0.29) is 12.5 Å². The van der Waals surface area contributed by atoms with Crippen molar-refractivity contribution in [2.45, 2.75) is 19.9 Å². The number of amides is 1. The maximum atomic E-state index is 12.9. The van der Waals surface area contributed by atoms with Crippen LogP contribution in [0.25, 0.3) is 0 Å². The third-order valence-corrected chi connectivity index (χ3v) is 7.00. The summed E-state index contributed by atoms with van der Waals surface area (Å²) in [6, 6.07) is 7.28. The van der Waals surface area contributed by atoms with Gasteiger partial charge >= 0.3 is 0 Å². The van der Waals surface area contributed by atoms with Gasteiger partial charge in [0.15, 0.2) is 5.13 Å². The Bertz CT molecular complexity index is 1210. The van der Waals surface area contributed by atoms with Crippen molar-refractivity contribution in [3.05, 3.63) is 51.7 Å². The minimum absolute atomic E-state index is 0.168. The third-order valence-electron chi connectivity index (χ3n) is 5.77. The number of aromatic nitrogens is 3. The van der Waals surface area contributed by atoms with Crippen LogP contribution >= 0.6 is 22.9 Å². The Morgan fingerprint density at radius 2 is 2.08 bits per heavy atom. The Morgan fingerprint density at radius 3 is 2.81 bits per heavy atom. The lowest BCUT2D eigenvalue weighted by Crippen LogP contribution is -2.47. The van der Waals surface area contributed by atoms with Gasteiger partial charge in [-0.25, -0.2) is 15.0 Å². The zero-order valence-corrected chi connectivity index (χ0v) is 21.6. The number of thiazole rings is 1. The Balaban J connectivity index is 1.46. The SMILES string of the molecule is C=NCc1cccc(Cl)c1NC(=O)c1cnc(Nc2cc(N3CCN(CCO)CC3)nc(CC)n2)s1. The first-order valence-electron chi connectivity index (χ1n) is 11.7. The van der Waals surface area contributed by atoms with Crippen LogP contribution in [-0.2, 0) is 13.0 Å². The molecule has 0 radical (unpaired) electrons. The summed E-state index contributed by atoms with van der Waals surface area (Å²) in [7, 11) is 0. The molecule has 0 spiro atoms. The molecule has 0 bridgehead atoms. The fraction of sp³-hybridized carbons (Fsp3) is 0.375. The molecule has 1 aromatic carbocycles. The van der Waals surface area contributed by atoms with E-state index in [4.69, 9.17) is 16.6 Å². The summed E-state index contributed by atoms with van der Waals surface area (Å²) in [5.74, 6) is 1.90. The number of nitrogens with one attached hydrogen (secondary N) is 2. The van der Waals surface area contributed by atoms with Crippen LogP contribution in [-0.4, -0.2) is 76.9 Å². The molecule has 3 heterocycles. The van der Waals surface area contributed by atoms with Crippen molar-refractivity contribution in [1.29, 1.82) is 0 Å². The van der Waals surface area contributed by atoms with Crippen molar-refractivity contribution in [2.75, 3.05) is 54.9 Å². The van der Waals surface area contributed by atoms with Gasteiger partial charge in [-0.1, -0.05) is 42.0 Å². The molecule has 0 unspecified atom stereocenters. The summed E-state index contributed by atoms with van der Waals surface area (Å²) in [5, 5.41) is 16.3. The Kier molecular flexibility index (Phi) is 8.81. The van der Waals surface area contributed by atoms with Gasteiger partial charge in [-0.15, -0.1) is 0 Å². The van der Waals surface area contributed by atoms with E-state index in [2.05, 4.69) is 42.1 Å². The van der Waals surface area contributed by atoms with Gasteiger partial charge in [0.25, 0.3) is 5.91 Å². The molecule has 1 amide bonds. The molecule has 1 saturated heterocycles. The summed E-state index contributed by atoms with van der Waals surface area (Å²) in [4.78, 5) is 35.3. The Hall–Kier alpha value is -3.12. The third kappa shape index (κ3) is 6.35. The molecule has 190 valence electrons. The number of aliphatic hydroxyl groups excluding tert-OH is 1. The molecule has 0 aliphatic carbocycles. The first kappa shape index (κ1) is 26.0. The fourth-order valence-electron chi connectivity index (χ4n) is 3.89. The van der Waals surface area contributed by atoms with Crippen molar-refractivity contribution < 1.29 is 9.90 Å². The molecule has 1 fully saturated rings. The summed E-state index contributed by atoms with van der Waals surface area (Å²) in [5.41, 5.74) is 1.30. The molecule has 12 heteroatoms. The number of halogens is 1. The van der Waals surface area contributed by atoms with Gasteiger partial charge in [0.2, 0.25) is 0 Å². The fourth-order valence-corrected chi connectivity index (χ4v) is 4.85. The molecular formula is C24H29ClN8O2S. The summed E-state index contributed by atoms with van der Waals surface area (Å²) in [6.45, 7) is 10.1. The Morgan fingerprint density at radius 1 is 1.28 bits per heavy atom. The lowest BCUT2D eigenvalue weighted by Gasteiger charge is -2.35. The van der Waals surface area contributed by atoms with Gasteiger partial charge in [-0.2, -0.15) is 0 Å². The molecule has 0 saturated carbocycles. The van der Waals surface area contributed by atoms with Crippen molar-refractivity contribution >= 4 is 58.0 Å². The predicted octanol–water partition coefficient (Wildman–Crippen LogP) is 3.46. The number of aryl methyl sites for hydroxylation is 1. The molecule has 10 nitrogen and oxygen atoms in total. The van der Waals surface area contributed by atoms with Crippen LogP contribution in [0.4, 0.5) is 22.5 Å². The molecule has 0 atom stereocenters. The van der Waals surface area contributed by atoms with Gasteiger partial charge in [0, 0.05) is 45.2 Å². The molecule has 1 aliphatic rings. The molecule has 3 N–H and O–H groups in total. The summed E-state index contributed by atoms with van der Waals surface area (Å²) >= 11 is 7.53. The first-order valence-corrected chi connectivity index (χ1v) is 12.9. The second kappa shape index (κ2) is 12.2. The van der Waals surface area contributed by atoms with Gasteiger partial charge < -0.3 is 20.6 Å². The molecule has 4 rings (SSSR count). The smallest absolute Gasteiger partial charge is 0.267 e. The highest BCUT2D eigenvalue weighted by atomic mass is 35.5. The van der Waals surface area contributed by atoms with Gasteiger partial charge in [-0.3, -0.25) is 14.7 Å². The van der Waals surface area contributed by atoms with Crippen LogP contribution in [0.3, 0.4) is 0 Å². The van der Waals surface area contributed by atoms with Crippen molar-refractivity contribution in [3.8, 4) is 0 Å². The molecule has 1 aliphatic heterocycles. The van der Waals surface area contributed by atoms with E-state index in [1.54, 1.807) is 6.07 Å². The highest BCUT2D eigenvalue weighted by Gasteiger charge is 2.20. The van der Waals surface area contributed by atoms with Gasteiger partial charge in [0.1, 0.15) is 22.3 Å². The van der Waals surface area contributed by atoms with E-state index in [0.717, 1.165) is 43.4 Å². The van der Waals surface area contributed by atoms with E-state index in [1.165, 1.54) is 17.5 Å². The maximum absolute atomic E-state index is 12.9. The van der Waals surface area contributed by atoms with Crippen LogP contribution < -0.4 is 15.5 Å². The highest BCUT2D eigenvalue weighted by molar-refractivity contribution is 7.17. The largest absolute Gasteiger partial charge is 0.395 e. The van der Waals surface area contributed by atoms with Crippen LogP contribution in [0, 0.1) is 0 Å². The average Bonchev–Trinajstić information content (AvgIpc) is 3.35. The second-order valence-electron chi connectivity index (χ2n) is 8.20. The van der Waals surface area contributed by atoms with E-state index in [0.29, 0.717) is 46.0 Å². The van der Waals surface area contributed by atoms with Crippen molar-refractivity contribution in [3.63, 3.8) is 0 Å². The Labute approximate surface area is 219 Å². The molecular weight excluding hydrogens is 500 g/mol. The number of rotatable bonds is 10. The topological polar surface area (TPSA) is 119 Å². The number of benzene rings is 1. The first-order chi connectivity index (χ1) is 17.5. The zero-order valence-electron chi connectivity index (χ0n) is 20.1. The number of aliphatic imine (C=N–C) groups is 1. The second-order valence-corrected chi connectivity index (χ2v) is 9.64. The van der Waals surface area contributed by atoms with E-state index < -0.39 is 0 Å². The van der Waals surface area contributed by atoms with Crippen molar-refractivity contribution in [1.82, 2.24) is 19.9 Å². The number of carbonyl (C=O) groups is 1. The predicted molar refractivity (Wildman–Crippen MR) is 145 cm³/mol. The molecule has 36 heavy (non-hydrogen) atoms. The van der Waals surface area contributed by atoms with E-state index >= 15 is 0 Å². The lowest BCUT2D eigenvalue weighted by molar-refractivity contribution is 0.103. The van der Waals surface area contributed by atoms with Crippen LogP contribution in [0.15, 0.2) is 35.5 Å². The number of anilines is 4. The number of nitrogens with zero attached hydrogens (tertiary/aromatic N) is 6. The van der Waals surface area contributed by atoms with Gasteiger partial charge in [0.05, 0.1) is 30.1 Å². The van der Waals surface area contributed by atoms with E-state index in [9.17, 15) is 9.90 Å². The van der Waals surface area contributed by atoms with Crippen LogP contribution in [0.5, 0.6) is 0 Å². The molecule has 3 aromatic rings. The lowest BCUT2D eigenvalue weighted by atomic mass is 10.1. The van der Waals surface area contributed by atoms with Crippen LogP contribution in [0.2, 0.25) is 5.02 Å². The number of carbonyl (C=O) groups excluding carboxylic acids is 1. The number of piperazine rings is 1. The van der Waals surface area contributed by atoms with Crippen LogP contribution in [0.1, 0.15) is 28.0 Å². The minimum Gasteiger partial charge on any atom is -0.395 e.